The van der Waals surface area contributed by atoms with Gasteiger partial charge in [-0.25, -0.2) is 9.59 Å². The zero-order valence-corrected chi connectivity index (χ0v) is 12.4. The molecule has 2 rings (SSSR count). The van der Waals surface area contributed by atoms with Gasteiger partial charge in [-0.1, -0.05) is 6.07 Å². The van der Waals surface area contributed by atoms with Crippen LogP contribution in [0.4, 0.5) is 10.5 Å². The molecule has 1 aromatic rings. The molecule has 21 heavy (non-hydrogen) atoms. The van der Waals surface area contributed by atoms with Crippen molar-refractivity contribution in [1.29, 1.82) is 0 Å². The van der Waals surface area contributed by atoms with Gasteiger partial charge in [0.25, 0.3) is 0 Å². The summed E-state index contributed by atoms with van der Waals surface area (Å²) in [4.78, 5) is 25.0. The summed E-state index contributed by atoms with van der Waals surface area (Å²) < 4.78 is 5.58. The number of carbonyl (C=O) groups is 2. The van der Waals surface area contributed by atoms with E-state index in [1.165, 1.54) is 6.07 Å². The van der Waals surface area contributed by atoms with Crippen molar-refractivity contribution < 1.29 is 19.4 Å². The van der Waals surface area contributed by atoms with E-state index >= 15 is 0 Å². The third kappa shape index (κ3) is 3.72. The number of nitrogens with one attached hydrogen (secondary N) is 1. The van der Waals surface area contributed by atoms with E-state index in [4.69, 9.17) is 9.84 Å². The maximum Gasteiger partial charge on any atom is 0.336 e. The van der Waals surface area contributed by atoms with Crippen LogP contribution in [0.25, 0.3) is 0 Å². The van der Waals surface area contributed by atoms with Crippen LogP contribution in [0.15, 0.2) is 18.2 Å². The molecule has 6 nitrogen and oxygen atoms in total. The first-order chi connectivity index (χ1) is 9.86. The van der Waals surface area contributed by atoms with E-state index in [0.29, 0.717) is 24.3 Å². The van der Waals surface area contributed by atoms with Gasteiger partial charge in [0, 0.05) is 18.8 Å². The van der Waals surface area contributed by atoms with Gasteiger partial charge < -0.3 is 20.1 Å². The molecule has 1 saturated heterocycles. The molecule has 0 spiro atoms. The fourth-order valence-corrected chi connectivity index (χ4v) is 2.48. The van der Waals surface area contributed by atoms with E-state index < -0.39 is 5.97 Å². The molecule has 0 unspecified atom stereocenters. The smallest absolute Gasteiger partial charge is 0.336 e. The van der Waals surface area contributed by atoms with Crippen LogP contribution in [0.3, 0.4) is 0 Å². The summed E-state index contributed by atoms with van der Waals surface area (Å²) in [6.07, 6.45) is -0.0146. The van der Waals surface area contributed by atoms with E-state index in [2.05, 4.69) is 5.32 Å². The van der Waals surface area contributed by atoms with Gasteiger partial charge in [-0.05, 0) is 38.5 Å². The highest BCUT2D eigenvalue weighted by Crippen LogP contribution is 2.17. The Morgan fingerprint density at radius 1 is 1.29 bits per heavy atom. The fraction of sp³-hybridized carbons (Fsp3) is 0.467. The van der Waals surface area contributed by atoms with E-state index in [1.807, 2.05) is 13.8 Å². The average molecular weight is 292 g/mol. The molecule has 0 bridgehead atoms. The molecular weight excluding hydrogens is 272 g/mol. The number of hydrogen-bond donors (Lipinski definition) is 2. The second-order valence-electron chi connectivity index (χ2n) is 5.43. The molecule has 1 fully saturated rings. The minimum Gasteiger partial charge on any atom is -0.478 e. The fourth-order valence-electron chi connectivity index (χ4n) is 2.48. The lowest BCUT2D eigenvalue weighted by atomic mass is 10.1. The van der Waals surface area contributed by atoms with Crippen molar-refractivity contribution in [2.45, 2.75) is 33.0 Å². The highest BCUT2D eigenvalue weighted by Gasteiger charge is 2.26. The molecule has 1 aliphatic rings. The third-order valence-electron chi connectivity index (χ3n) is 3.43. The number of anilines is 1. The molecule has 0 aliphatic carbocycles. The molecule has 114 valence electrons. The van der Waals surface area contributed by atoms with E-state index in [0.717, 1.165) is 0 Å². The molecule has 2 amide bonds. The lowest BCUT2D eigenvalue weighted by Gasteiger charge is -2.35. The van der Waals surface area contributed by atoms with Crippen molar-refractivity contribution >= 4 is 17.7 Å². The van der Waals surface area contributed by atoms with Crippen LogP contribution < -0.4 is 5.32 Å². The topological polar surface area (TPSA) is 78.9 Å². The van der Waals surface area contributed by atoms with Gasteiger partial charge in [0.2, 0.25) is 0 Å². The summed E-state index contributed by atoms with van der Waals surface area (Å²) >= 11 is 0. The number of rotatable bonds is 2. The summed E-state index contributed by atoms with van der Waals surface area (Å²) in [5, 5.41) is 11.8. The zero-order valence-electron chi connectivity index (χ0n) is 12.4. The van der Waals surface area contributed by atoms with Crippen LogP contribution in [0.2, 0.25) is 0 Å². The van der Waals surface area contributed by atoms with E-state index in [9.17, 15) is 9.59 Å². The Bertz CT molecular complexity index is 549. The summed E-state index contributed by atoms with van der Waals surface area (Å²) in [6.45, 7) is 6.61. The van der Waals surface area contributed by atoms with Gasteiger partial charge in [-0.15, -0.1) is 0 Å². The predicted molar refractivity (Wildman–Crippen MR) is 78.7 cm³/mol. The van der Waals surface area contributed by atoms with Crippen LogP contribution in [0.1, 0.15) is 29.8 Å². The summed E-state index contributed by atoms with van der Waals surface area (Å²) in [5.74, 6) is -1.00. The number of ether oxygens (including phenoxy) is 1. The Kier molecular flexibility index (Phi) is 4.47. The second kappa shape index (κ2) is 6.13. The van der Waals surface area contributed by atoms with Crippen LogP contribution in [-0.2, 0) is 4.74 Å². The summed E-state index contributed by atoms with van der Waals surface area (Å²) in [7, 11) is 0. The number of amides is 2. The number of morpholine rings is 1. The van der Waals surface area contributed by atoms with E-state index in [-0.39, 0.29) is 23.8 Å². The standard InChI is InChI=1S/C15H20N2O4/c1-9-4-5-12(6-13(9)14(18)19)16-15(20)17-7-10(2)21-11(3)8-17/h4-6,10-11H,7-8H2,1-3H3,(H,16,20)(H,18,19)/t10-,11+. The number of benzene rings is 1. The van der Waals surface area contributed by atoms with Crippen LogP contribution in [-0.4, -0.2) is 47.3 Å². The quantitative estimate of drug-likeness (QED) is 0.877. The Labute approximate surface area is 123 Å². The normalized spacial score (nSPS) is 22.0. The molecule has 1 heterocycles. The van der Waals surface area contributed by atoms with Crippen molar-refractivity contribution in [3.8, 4) is 0 Å². The van der Waals surface area contributed by atoms with Crippen molar-refractivity contribution in [2.75, 3.05) is 18.4 Å². The number of urea groups is 1. The Morgan fingerprint density at radius 3 is 2.48 bits per heavy atom. The molecule has 0 aromatic heterocycles. The maximum absolute atomic E-state index is 12.2. The molecule has 2 atom stereocenters. The number of carboxylic acid groups (broad SMARTS) is 1. The van der Waals surface area contributed by atoms with Gasteiger partial charge in [0.05, 0.1) is 17.8 Å². The molecule has 2 N–H and O–H groups in total. The Morgan fingerprint density at radius 2 is 1.90 bits per heavy atom. The van der Waals surface area contributed by atoms with Gasteiger partial charge in [-0.2, -0.15) is 0 Å². The first kappa shape index (κ1) is 15.3. The number of nitrogens with zero attached hydrogens (tertiary/aromatic N) is 1. The van der Waals surface area contributed by atoms with Crippen molar-refractivity contribution in [2.24, 2.45) is 0 Å². The highest BCUT2D eigenvalue weighted by atomic mass is 16.5. The molecule has 0 radical (unpaired) electrons. The van der Waals surface area contributed by atoms with Gasteiger partial charge >= 0.3 is 12.0 Å². The predicted octanol–water partition coefficient (Wildman–Crippen LogP) is 2.33. The molecule has 1 aliphatic heterocycles. The number of aryl methyl sites for hydroxylation is 1. The summed E-state index contributed by atoms with van der Waals surface area (Å²) in [5.41, 5.74) is 1.33. The summed E-state index contributed by atoms with van der Waals surface area (Å²) in [6, 6.07) is 4.62. The average Bonchev–Trinajstić information content (AvgIpc) is 2.39. The SMILES string of the molecule is Cc1ccc(NC(=O)N2C[C@@H](C)O[C@@H](C)C2)cc1C(=O)O. The monoisotopic (exact) mass is 292 g/mol. The van der Waals surface area contributed by atoms with Crippen LogP contribution in [0.5, 0.6) is 0 Å². The van der Waals surface area contributed by atoms with E-state index in [1.54, 1.807) is 24.0 Å². The number of carboxylic acids is 1. The first-order valence-corrected chi connectivity index (χ1v) is 6.92. The van der Waals surface area contributed by atoms with Crippen LogP contribution in [0, 0.1) is 6.92 Å². The molecule has 1 aromatic carbocycles. The van der Waals surface area contributed by atoms with Crippen molar-refractivity contribution in [3.63, 3.8) is 0 Å². The Balaban J connectivity index is 2.09. The van der Waals surface area contributed by atoms with Gasteiger partial charge in [0.1, 0.15) is 0 Å². The minimum atomic E-state index is -1.00. The van der Waals surface area contributed by atoms with Crippen molar-refractivity contribution in [3.05, 3.63) is 29.3 Å². The number of aromatic carboxylic acids is 1. The number of hydrogen-bond acceptors (Lipinski definition) is 3. The minimum absolute atomic E-state index is 0.00732. The second-order valence-corrected chi connectivity index (χ2v) is 5.43. The maximum atomic E-state index is 12.2. The van der Waals surface area contributed by atoms with Gasteiger partial charge in [0.15, 0.2) is 0 Å². The molecule has 0 saturated carbocycles. The third-order valence-corrected chi connectivity index (χ3v) is 3.43. The number of carbonyl (C=O) groups excluding carboxylic acids is 1. The van der Waals surface area contributed by atoms with Crippen molar-refractivity contribution in [1.82, 2.24) is 4.90 Å². The first-order valence-electron chi connectivity index (χ1n) is 6.92. The van der Waals surface area contributed by atoms with Gasteiger partial charge in [-0.3, -0.25) is 0 Å². The molecule has 6 heteroatoms. The lowest BCUT2D eigenvalue weighted by Crippen LogP contribution is -2.49. The van der Waals surface area contributed by atoms with Crippen LogP contribution >= 0.6 is 0 Å². The molecular formula is C15H20N2O4. The zero-order chi connectivity index (χ0) is 15.6. The largest absolute Gasteiger partial charge is 0.478 e. The lowest BCUT2D eigenvalue weighted by molar-refractivity contribution is -0.0530. The highest BCUT2D eigenvalue weighted by molar-refractivity contribution is 5.94. The Hall–Kier alpha value is -2.08.